The minimum Gasteiger partial charge on any atom is -0.500 e. The summed E-state index contributed by atoms with van der Waals surface area (Å²) in [6, 6.07) is 0. The van der Waals surface area contributed by atoms with Crippen molar-refractivity contribution in [3.63, 3.8) is 0 Å². The van der Waals surface area contributed by atoms with Gasteiger partial charge in [0, 0.05) is 13.2 Å². The summed E-state index contributed by atoms with van der Waals surface area (Å²) in [7, 11) is -1.69. The van der Waals surface area contributed by atoms with E-state index in [4.69, 9.17) is 37.6 Å². The molecule has 0 radical (unpaired) electrons. The fourth-order valence-corrected chi connectivity index (χ4v) is 4.74. The van der Waals surface area contributed by atoms with Crippen molar-refractivity contribution in [3.05, 3.63) is 37.0 Å². The van der Waals surface area contributed by atoms with Crippen LogP contribution in [0.15, 0.2) is 37.0 Å². The minimum absolute atomic E-state index is 0.0420. The van der Waals surface area contributed by atoms with E-state index < -0.39 is 31.6 Å². The molecular weight excluding hydrogens is 612 g/mol. The maximum atomic E-state index is 11.7. The number of esters is 3. The minimum atomic E-state index is -1.69. The molecule has 0 aromatic rings. The second-order valence-electron chi connectivity index (χ2n) is 12.4. The van der Waals surface area contributed by atoms with Gasteiger partial charge in [-0.1, -0.05) is 46.5 Å². The maximum absolute atomic E-state index is 11.7. The lowest BCUT2D eigenvalue weighted by atomic mass is 9.92. The Hall–Kier alpha value is -2.83. The first-order chi connectivity index (χ1) is 21.8. The van der Waals surface area contributed by atoms with E-state index in [0.29, 0.717) is 6.61 Å². The first-order valence-corrected chi connectivity index (χ1v) is 19.3. The molecule has 0 bridgehead atoms. The summed E-state index contributed by atoms with van der Waals surface area (Å²) in [4.78, 5) is 35.1. The predicted molar refractivity (Wildman–Crippen MR) is 179 cm³/mol. The summed E-state index contributed by atoms with van der Waals surface area (Å²) in [5.74, 6) is -1.60. The molecule has 0 aromatic carbocycles. The van der Waals surface area contributed by atoms with Gasteiger partial charge in [-0.25, -0.2) is 14.4 Å². The highest BCUT2D eigenvalue weighted by Crippen LogP contribution is 2.36. The van der Waals surface area contributed by atoms with Crippen LogP contribution in [0.2, 0.25) is 18.1 Å². The van der Waals surface area contributed by atoms with Crippen molar-refractivity contribution >= 4 is 26.2 Å². The van der Waals surface area contributed by atoms with Crippen molar-refractivity contribution in [1.82, 2.24) is 0 Å². The zero-order valence-corrected chi connectivity index (χ0v) is 30.6. The molecule has 0 aliphatic carbocycles. The molecule has 0 unspecified atom stereocenters. The first-order valence-electron chi connectivity index (χ1n) is 16.4. The molecule has 0 aliphatic rings. The average Bonchev–Trinajstić information content (AvgIpc) is 2.98. The van der Waals surface area contributed by atoms with E-state index in [2.05, 4.69) is 33.9 Å². The van der Waals surface area contributed by atoms with Gasteiger partial charge in [0.05, 0.1) is 68.9 Å². The lowest BCUT2D eigenvalue weighted by Crippen LogP contribution is -2.40. The van der Waals surface area contributed by atoms with Gasteiger partial charge in [0.15, 0.2) is 8.32 Å². The summed E-state index contributed by atoms with van der Waals surface area (Å²) >= 11 is 0. The molecule has 0 atom stereocenters. The van der Waals surface area contributed by atoms with Crippen molar-refractivity contribution in [2.24, 2.45) is 5.41 Å². The molecule has 0 amide bonds. The molecule has 0 N–H and O–H groups in total. The summed E-state index contributed by atoms with van der Waals surface area (Å²) in [6.07, 6.45) is 13.7. The Morgan fingerprint density at radius 1 is 0.565 bits per heavy atom. The van der Waals surface area contributed by atoms with Gasteiger partial charge in [-0.3, -0.25) is 0 Å². The van der Waals surface area contributed by atoms with Crippen LogP contribution in [0, 0.1) is 5.41 Å². The number of ether oxygens (including phenoxy) is 7. The SMILES string of the molecule is CCOC(=O)C=COCC(COC=CC(=O)OCC)(COC=CC(=O)OCC)COCCCCCCCCO[Si](C)(C)C(C)(C)C. The largest absolute Gasteiger partial charge is 0.500 e. The predicted octanol–water partition coefficient (Wildman–Crippen LogP) is 6.63. The van der Waals surface area contributed by atoms with Gasteiger partial charge in [-0.15, -0.1) is 0 Å². The van der Waals surface area contributed by atoms with E-state index in [0.717, 1.165) is 45.1 Å². The van der Waals surface area contributed by atoms with E-state index in [1.807, 2.05) is 0 Å². The molecule has 0 aromatic heterocycles. The zero-order chi connectivity index (χ0) is 34.7. The monoisotopic (exact) mass is 672 g/mol. The number of unbranched alkanes of at least 4 members (excludes halogenated alkanes) is 5. The van der Waals surface area contributed by atoms with Gasteiger partial charge in [-0.2, -0.15) is 0 Å². The maximum Gasteiger partial charge on any atom is 0.333 e. The average molecular weight is 673 g/mol. The molecule has 0 rings (SSSR count). The molecule has 0 saturated carbocycles. The Balaban J connectivity index is 5.11. The topological polar surface area (TPSA) is 125 Å². The zero-order valence-electron chi connectivity index (χ0n) is 29.6. The van der Waals surface area contributed by atoms with Crippen LogP contribution in [0.25, 0.3) is 0 Å². The number of hydrogen-bond acceptors (Lipinski definition) is 11. The van der Waals surface area contributed by atoms with Gasteiger partial charge in [0.1, 0.15) is 19.8 Å². The van der Waals surface area contributed by atoms with Crippen LogP contribution in [0.4, 0.5) is 0 Å². The molecule has 46 heavy (non-hydrogen) atoms. The number of carbonyl (C=O) groups excluding carboxylic acids is 3. The third kappa shape index (κ3) is 21.8. The number of rotatable bonds is 27. The number of carbonyl (C=O) groups is 3. The van der Waals surface area contributed by atoms with Gasteiger partial charge in [-0.05, 0) is 51.7 Å². The molecular formula is C34H60O11Si. The third-order valence-electron chi connectivity index (χ3n) is 7.29. The summed E-state index contributed by atoms with van der Waals surface area (Å²) in [5, 5.41) is 0.229. The van der Waals surface area contributed by atoms with Crippen molar-refractivity contribution in [3.8, 4) is 0 Å². The van der Waals surface area contributed by atoms with Crippen molar-refractivity contribution in [1.29, 1.82) is 0 Å². The van der Waals surface area contributed by atoms with Crippen LogP contribution in [0.3, 0.4) is 0 Å². The third-order valence-corrected chi connectivity index (χ3v) is 11.8. The lowest BCUT2D eigenvalue weighted by molar-refractivity contribution is -0.138. The molecule has 0 fully saturated rings. The highest BCUT2D eigenvalue weighted by molar-refractivity contribution is 6.74. The van der Waals surface area contributed by atoms with Crippen LogP contribution in [0.5, 0.6) is 0 Å². The Morgan fingerprint density at radius 3 is 1.30 bits per heavy atom. The van der Waals surface area contributed by atoms with Gasteiger partial charge >= 0.3 is 17.9 Å². The smallest absolute Gasteiger partial charge is 0.333 e. The molecule has 0 aliphatic heterocycles. The van der Waals surface area contributed by atoms with Crippen molar-refractivity contribution in [2.45, 2.75) is 98.2 Å². The Bertz CT molecular complexity index is 844. The normalized spacial score (nSPS) is 13.6. The molecule has 0 spiro atoms. The quantitative estimate of drug-likeness (QED) is 0.0233. The van der Waals surface area contributed by atoms with E-state index >= 15 is 0 Å². The Labute approximate surface area is 278 Å². The van der Waals surface area contributed by atoms with Crippen LogP contribution in [0.1, 0.15) is 80.1 Å². The molecule has 0 saturated heterocycles. The fraction of sp³-hybridized carbons (Fsp3) is 0.735. The second-order valence-corrected chi connectivity index (χ2v) is 17.2. The first kappa shape index (κ1) is 43.2. The van der Waals surface area contributed by atoms with Crippen LogP contribution in [-0.4, -0.2) is 85.7 Å². The van der Waals surface area contributed by atoms with E-state index in [1.165, 1.54) is 37.0 Å². The second kappa shape index (κ2) is 25.3. The van der Waals surface area contributed by atoms with Gasteiger partial charge in [0.2, 0.25) is 0 Å². The Morgan fingerprint density at radius 2 is 0.935 bits per heavy atom. The van der Waals surface area contributed by atoms with Crippen LogP contribution < -0.4 is 0 Å². The van der Waals surface area contributed by atoms with Crippen LogP contribution >= 0.6 is 0 Å². The van der Waals surface area contributed by atoms with E-state index in [9.17, 15) is 14.4 Å². The van der Waals surface area contributed by atoms with E-state index in [1.54, 1.807) is 20.8 Å². The highest BCUT2D eigenvalue weighted by Gasteiger charge is 2.37. The fourth-order valence-electron chi connectivity index (χ4n) is 3.65. The lowest BCUT2D eigenvalue weighted by Gasteiger charge is -2.36. The van der Waals surface area contributed by atoms with Gasteiger partial charge < -0.3 is 37.6 Å². The Kier molecular flexibility index (Phi) is 23.7. The molecule has 12 heteroatoms. The standard InChI is InChI=1S/C34H60O11Si/c1-9-42-30(35)18-23-39-27-34(28-40-24-19-31(36)43-10-2,29-41-25-20-32(37)44-11-3)26-38-21-16-14-12-13-15-17-22-45-46(7,8)33(4,5)6/h18-20,23-25H,9-17,21-22,26-29H2,1-8H3. The molecule has 266 valence electrons. The summed E-state index contributed by atoms with van der Waals surface area (Å²) in [5.41, 5.74) is -0.874. The summed E-state index contributed by atoms with van der Waals surface area (Å²) < 4.78 is 44.0. The molecule has 11 nitrogen and oxygen atoms in total. The van der Waals surface area contributed by atoms with Crippen molar-refractivity contribution < 1.29 is 52.0 Å². The van der Waals surface area contributed by atoms with Gasteiger partial charge in [0.25, 0.3) is 0 Å². The van der Waals surface area contributed by atoms with E-state index in [-0.39, 0.29) is 51.3 Å². The summed E-state index contributed by atoms with van der Waals surface area (Å²) in [6.45, 7) is 18.9. The number of hydrogen-bond donors (Lipinski definition) is 0. The highest BCUT2D eigenvalue weighted by atomic mass is 28.4. The molecule has 0 heterocycles. The van der Waals surface area contributed by atoms with Crippen LogP contribution in [-0.2, 0) is 52.0 Å². The van der Waals surface area contributed by atoms with Crippen molar-refractivity contribution in [2.75, 3.05) is 59.5 Å².